The molecule has 17 heavy (non-hydrogen) atoms. The van der Waals surface area contributed by atoms with Crippen LogP contribution < -0.4 is 0 Å². The molecule has 4 heteroatoms. The molecule has 1 aromatic heterocycles. The summed E-state index contributed by atoms with van der Waals surface area (Å²) in [6, 6.07) is 11.9. The average Bonchev–Trinajstić information content (AvgIpc) is 2.75. The van der Waals surface area contributed by atoms with Crippen molar-refractivity contribution in [3.8, 4) is 0 Å². The molecular formula is C13H12N2O2. The maximum atomic E-state index is 10.2. The summed E-state index contributed by atoms with van der Waals surface area (Å²) in [5, 5.41) is 10.2. The molecule has 0 amide bonds. The zero-order valence-electron chi connectivity index (χ0n) is 9.19. The summed E-state index contributed by atoms with van der Waals surface area (Å²) < 4.78 is 1.99. The fourth-order valence-corrected chi connectivity index (χ4v) is 1.60. The standard InChI is InChI=1S/C13H12N2O2/c16-15(17)9-7-13-6-8-14(11-13)10-12-4-2-1-3-5-12/h1-9,11H,10H2. The zero-order valence-corrected chi connectivity index (χ0v) is 9.19. The topological polar surface area (TPSA) is 48.1 Å². The van der Waals surface area contributed by atoms with Gasteiger partial charge in [-0.2, -0.15) is 0 Å². The lowest BCUT2D eigenvalue weighted by molar-refractivity contribution is -0.400. The third-order valence-electron chi connectivity index (χ3n) is 2.37. The number of rotatable bonds is 4. The Morgan fingerprint density at radius 1 is 1.24 bits per heavy atom. The highest BCUT2D eigenvalue weighted by atomic mass is 16.6. The van der Waals surface area contributed by atoms with Crippen LogP contribution in [0.3, 0.4) is 0 Å². The van der Waals surface area contributed by atoms with E-state index in [1.54, 1.807) is 0 Å². The molecule has 0 aliphatic rings. The zero-order chi connectivity index (χ0) is 12.1. The number of hydrogen-bond donors (Lipinski definition) is 0. The van der Waals surface area contributed by atoms with E-state index in [1.165, 1.54) is 11.6 Å². The highest BCUT2D eigenvalue weighted by Crippen LogP contribution is 2.07. The molecule has 0 bridgehead atoms. The second-order valence-corrected chi connectivity index (χ2v) is 3.70. The third-order valence-corrected chi connectivity index (χ3v) is 2.37. The Balaban J connectivity index is 2.06. The van der Waals surface area contributed by atoms with Gasteiger partial charge in [0.2, 0.25) is 6.20 Å². The Kier molecular flexibility index (Phi) is 3.35. The van der Waals surface area contributed by atoms with E-state index in [1.807, 2.05) is 53.4 Å². The number of benzene rings is 1. The second kappa shape index (κ2) is 5.12. The van der Waals surface area contributed by atoms with E-state index >= 15 is 0 Å². The van der Waals surface area contributed by atoms with Crippen LogP contribution in [0.2, 0.25) is 0 Å². The van der Waals surface area contributed by atoms with Gasteiger partial charge < -0.3 is 4.57 Å². The van der Waals surface area contributed by atoms with Crippen molar-refractivity contribution in [3.05, 3.63) is 76.2 Å². The summed E-state index contributed by atoms with van der Waals surface area (Å²) in [6.45, 7) is 0.771. The van der Waals surface area contributed by atoms with E-state index in [2.05, 4.69) is 0 Å². The van der Waals surface area contributed by atoms with Crippen LogP contribution in [-0.2, 0) is 6.54 Å². The van der Waals surface area contributed by atoms with Gasteiger partial charge in [0.1, 0.15) is 0 Å². The van der Waals surface area contributed by atoms with Gasteiger partial charge in [-0.3, -0.25) is 10.1 Å². The first-order valence-corrected chi connectivity index (χ1v) is 5.25. The van der Waals surface area contributed by atoms with Crippen molar-refractivity contribution in [2.75, 3.05) is 0 Å². The molecule has 4 nitrogen and oxygen atoms in total. The van der Waals surface area contributed by atoms with E-state index < -0.39 is 4.92 Å². The van der Waals surface area contributed by atoms with Gasteiger partial charge in [0.25, 0.3) is 0 Å². The van der Waals surface area contributed by atoms with Gasteiger partial charge in [0, 0.05) is 25.0 Å². The van der Waals surface area contributed by atoms with E-state index in [0.29, 0.717) is 0 Å². The lowest BCUT2D eigenvalue weighted by Crippen LogP contribution is -1.95. The van der Waals surface area contributed by atoms with Gasteiger partial charge >= 0.3 is 0 Å². The van der Waals surface area contributed by atoms with Gasteiger partial charge in [0.05, 0.1) is 4.92 Å². The summed E-state index contributed by atoms with van der Waals surface area (Å²) >= 11 is 0. The quantitative estimate of drug-likeness (QED) is 0.596. The molecular weight excluding hydrogens is 216 g/mol. The predicted octanol–water partition coefficient (Wildman–Crippen LogP) is 2.78. The van der Waals surface area contributed by atoms with Crippen molar-refractivity contribution in [1.82, 2.24) is 4.57 Å². The third kappa shape index (κ3) is 3.31. The van der Waals surface area contributed by atoms with Gasteiger partial charge in [0.15, 0.2) is 0 Å². The van der Waals surface area contributed by atoms with Gasteiger partial charge in [-0.05, 0) is 17.2 Å². The fourth-order valence-electron chi connectivity index (χ4n) is 1.60. The summed E-state index contributed by atoms with van der Waals surface area (Å²) in [4.78, 5) is 9.72. The smallest absolute Gasteiger partial charge is 0.235 e. The number of nitro groups is 1. The van der Waals surface area contributed by atoms with Crippen LogP contribution in [-0.4, -0.2) is 9.49 Å². The minimum atomic E-state index is -0.464. The molecule has 0 saturated carbocycles. The number of nitrogens with zero attached hydrogens (tertiary/aromatic N) is 2. The summed E-state index contributed by atoms with van der Waals surface area (Å²) in [5.74, 6) is 0. The van der Waals surface area contributed by atoms with Crippen molar-refractivity contribution < 1.29 is 4.92 Å². The Hall–Kier alpha value is -2.36. The first-order chi connectivity index (χ1) is 8.24. The molecule has 0 atom stereocenters. The Bertz CT molecular complexity index is 529. The fraction of sp³-hybridized carbons (Fsp3) is 0.0769. The summed E-state index contributed by atoms with van der Waals surface area (Å²) in [5.41, 5.74) is 2.03. The van der Waals surface area contributed by atoms with Crippen LogP contribution in [0, 0.1) is 10.1 Å². The van der Waals surface area contributed by atoms with E-state index in [9.17, 15) is 10.1 Å². The average molecular weight is 228 g/mol. The highest BCUT2D eigenvalue weighted by molar-refractivity contribution is 5.46. The summed E-state index contributed by atoms with van der Waals surface area (Å²) in [7, 11) is 0. The normalized spacial score (nSPS) is 10.8. The SMILES string of the molecule is O=[N+]([O-])C=Cc1ccn(Cc2ccccc2)c1. The Morgan fingerprint density at radius 3 is 2.71 bits per heavy atom. The molecule has 86 valence electrons. The first-order valence-electron chi connectivity index (χ1n) is 5.25. The van der Waals surface area contributed by atoms with Crippen molar-refractivity contribution in [2.45, 2.75) is 6.54 Å². The molecule has 0 saturated heterocycles. The molecule has 2 aromatic rings. The molecule has 0 spiro atoms. The van der Waals surface area contributed by atoms with Crippen LogP contribution in [0.25, 0.3) is 6.08 Å². The van der Waals surface area contributed by atoms with E-state index in [-0.39, 0.29) is 0 Å². The molecule has 0 aliphatic heterocycles. The molecule has 0 unspecified atom stereocenters. The Morgan fingerprint density at radius 2 is 2.00 bits per heavy atom. The lowest BCUT2D eigenvalue weighted by atomic mass is 10.2. The second-order valence-electron chi connectivity index (χ2n) is 3.70. The first kappa shape index (κ1) is 11.1. The number of aromatic nitrogens is 1. The van der Waals surface area contributed by atoms with Crippen LogP contribution in [0.15, 0.2) is 55.0 Å². The van der Waals surface area contributed by atoms with Crippen LogP contribution in [0.4, 0.5) is 0 Å². The van der Waals surface area contributed by atoms with Crippen molar-refractivity contribution >= 4 is 6.08 Å². The van der Waals surface area contributed by atoms with Crippen LogP contribution in [0.5, 0.6) is 0 Å². The maximum absolute atomic E-state index is 10.2. The maximum Gasteiger partial charge on any atom is 0.235 e. The van der Waals surface area contributed by atoms with Crippen molar-refractivity contribution in [1.29, 1.82) is 0 Å². The predicted molar refractivity (Wildman–Crippen MR) is 66.0 cm³/mol. The van der Waals surface area contributed by atoms with Crippen LogP contribution in [0.1, 0.15) is 11.1 Å². The van der Waals surface area contributed by atoms with Crippen LogP contribution >= 0.6 is 0 Å². The van der Waals surface area contributed by atoms with E-state index in [0.717, 1.165) is 18.3 Å². The Labute approximate surface area is 99.0 Å². The molecule has 1 heterocycles. The molecule has 0 fully saturated rings. The van der Waals surface area contributed by atoms with Gasteiger partial charge in [-0.1, -0.05) is 30.3 Å². The van der Waals surface area contributed by atoms with Crippen molar-refractivity contribution in [3.63, 3.8) is 0 Å². The van der Waals surface area contributed by atoms with Crippen molar-refractivity contribution in [2.24, 2.45) is 0 Å². The van der Waals surface area contributed by atoms with Gasteiger partial charge in [-0.25, -0.2) is 0 Å². The monoisotopic (exact) mass is 228 g/mol. The van der Waals surface area contributed by atoms with E-state index in [4.69, 9.17) is 0 Å². The lowest BCUT2D eigenvalue weighted by Gasteiger charge is -2.01. The molecule has 0 N–H and O–H groups in total. The highest BCUT2D eigenvalue weighted by Gasteiger charge is 1.96. The minimum Gasteiger partial charge on any atom is -0.349 e. The van der Waals surface area contributed by atoms with Gasteiger partial charge in [-0.15, -0.1) is 0 Å². The molecule has 1 aromatic carbocycles. The largest absolute Gasteiger partial charge is 0.349 e. The molecule has 0 aliphatic carbocycles. The molecule has 0 radical (unpaired) electrons. The minimum absolute atomic E-state index is 0.464. The summed E-state index contributed by atoms with van der Waals surface area (Å²) in [6.07, 6.45) is 6.23. The molecule has 2 rings (SSSR count). The number of hydrogen-bond acceptors (Lipinski definition) is 2.